The summed E-state index contributed by atoms with van der Waals surface area (Å²) in [6, 6.07) is 2.45. The van der Waals surface area contributed by atoms with Crippen LogP contribution in [0.5, 0.6) is 0 Å². The molecule has 1 heterocycles. The first-order valence-corrected chi connectivity index (χ1v) is 8.03. The van der Waals surface area contributed by atoms with Gasteiger partial charge in [0.15, 0.2) is 0 Å². The van der Waals surface area contributed by atoms with Crippen LogP contribution < -0.4 is 0 Å². The maximum atomic E-state index is 10.7. The van der Waals surface area contributed by atoms with Crippen LogP contribution >= 0.6 is 0 Å². The number of ether oxygens (including phenoxy) is 1. The number of nitriles is 1. The highest BCUT2D eigenvalue weighted by Gasteiger charge is 2.48. The Morgan fingerprint density at radius 3 is 2.20 bits per heavy atom. The number of hydrogen-bond donors (Lipinski definition) is 1. The zero-order valence-corrected chi connectivity index (χ0v) is 13.4. The van der Waals surface area contributed by atoms with E-state index in [4.69, 9.17) is 4.74 Å². The molecule has 3 nitrogen and oxygen atoms in total. The van der Waals surface area contributed by atoms with E-state index in [0.717, 1.165) is 38.5 Å². The zero-order valence-electron chi connectivity index (χ0n) is 13.4. The summed E-state index contributed by atoms with van der Waals surface area (Å²) < 4.78 is 5.80. The second kappa shape index (κ2) is 5.66. The second-order valence-corrected chi connectivity index (χ2v) is 7.92. The maximum absolute atomic E-state index is 10.7. The fraction of sp³-hybridized carbons (Fsp3) is 0.941. The predicted molar refractivity (Wildman–Crippen MR) is 79.0 cm³/mol. The molecular weight excluding hydrogens is 250 g/mol. The molecule has 0 amide bonds. The minimum Gasteiger partial charge on any atom is -0.389 e. The maximum Gasteiger partial charge on any atom is 0.0987 e. The van der Waals surface area contributed by atoms with Crippen molar-refractivity contribution >= 4 is 0 Å². The topological polar surface area (TPSA) is 53.2 Å². The predicted octanol–water partition coefficient (Wildman–Crippen LogP) is 3.66. The van der Waals surface area contributed by atoms with E-state index in [1.165, 1.54) is 0 Å². The lowest BCUT2D eigenvalue weighted by Gasteiger charge is -2.43. The van der Waals surface area contributed by atoms with Gasteiger partial charge < -0.3 is 9.84 Å². The highest BCUT2D eigenvalue weighted by atomic mass is 16.5. The Morgan fingerprint density at radius 1 is 1.20 bits per heavy atom. The third kappa shape index (κ3) is 3.02. The second-order valence-electron chi connectivity index (χ2n) is 7.92. The first kappa shape index (κ1) is 15.8. The molecule has 0 radical (unpaired) electrons. The third-order valence-electron chi connectivity index (χ3n) is 5.51. The van der Waals surface area contributed by atoms with E-state index in [-0.39, 0.29) is 12.2 Å². The van der Waals surface area contributed by atoms with Gasteiger partial charge in [-0.1, -0.05) is 20.8 Å². The van der Waals surface area contributed by atoms with Gasteiger partial charge in [-0.2, -0.15) is 5.26 Å². The average Bonchev–Trinajstić information content (AvgIpc) is 2.83. The van der Waals surface area contributed by atoms with E-state index < -0.39 is 11.5 Å². The van der Waals surface area contributed by atoms with Gasteiger partial charge in [0, 0.05) is 0 Å². The molecule has 0 aromatic carbocycles. The van der Waals surface area contributed by atoms with Gasteiger partial charge >= 0.3 is 0 Å². The van der Waals surface area contributed by atoms with Crippen LogP contribution in [-0.2, 0) is 4.74 Å². The molecule has 0 bridgehead atoms. The molecule has 1 aliphatic carbocycles. The van der Waals surface area contributed by atoms with E-state index in [1.54, 1.807) is 0 Å². The van der Waals surface area contributed by atoms with Gasteiger partial charge in [-0.05, 0) is 56.8 Å². The molecular formula is C17H29NO2. The molecule has 2 aliphatic rings. The van der Waals surface area contributed by atoms with Crippen LogP contribution in [0.25, 0.3) is 0 Å². The van der Waals surface area contributed by atoms with Crippen molar-refractivity contribution in [3.8, 4) is 6.07 Å². The normalized spacial score (nSPS) is 40.3. The van der Waals surface area contributed by atoms with Crippen LogP contribution in [0.4, 0.5) is 0 Å². The van der Waals surface area contributed by atoms with Crippen LogP contribution in [0.2, 0.25) is 0 Å². The summed E-state index contributed by atoms with van der Waals surface area (Å²) in [7, 11) is 0. The molecule has 0 aromatic rings. The van der Waals surface area contributed by atoms with Crippen LogP contribution in [0, 0.1) is 28.1 Å². The number of nitrogens with zero attached hydrogens (tertiary/aromatic N) is 1. The van der Waals surface area contributed by atoms with E-state index in [9.17, 15) is 10.4 Å². The van der Waals surface area contributed by atoms with E-state index in [1.807, 2.05) is 6.92 Å². The van der Waals surface area contributed by atoms with Crippen molar-refractivity contribution in [3.05, 3.63) is 0 Å². The summed E-state index contributed by atoms with van der Waals surface area (Å²) in [6.45, 7) is 8.86. The molecule has 3 unspecified atom stereocenters. The fourth-order valence-corrected chi connectivity index (χ4v) is 3.89. The van der Waals surface area contributed by atoms with Crippen molar-refractivity contribution in [1.82, 2.24) is 0 Å². The summed E-state index contributed by atoms with van der Waals surface area (Å²) in [5.74, 6) is 0.652. The van der Waals surface area contributed by atoms with Crippen molar-refractivity contribution in [3.63, 3.8) is 0 Å². The van der Waals surface area contributed by atoms with Crippen molar-refractivity contribution in [1.29, 1.82) is 5.26 Å². The van der Waals surface area contributed by atoms with Gasteiger partial charge in [-0.15, -0.1) is 0 Å². The Hall–Kier alpha value is -0.590. The Balaban J connectivity index is 2.03. The van der Waals surface area contributed by atoms with Crippen molar-refractivity contribution < 1.29 is 9.84 Å². The lowest BCUT2D eigenvalue weighted by atomic mass is 9.62. The molecule has 114 valence electrons. The molecule has 3 heteroatoms. The van der Waals surface area contributed by atoms with Crippen LogP contribution in [0.15, 0.2) is 0 Å². The summed E-state index contributed by atoms with van der Waals surface area (Å²) in [5, 5.41) is 20.3. The Morgan fingerprint density at radius 2 is 1.80 bits per heavy atom. The van der Waals surface area contributed by atoms with Gasteiger partial charge in [-0.25, -0.2) is 0 Å². The summed E-state index contributed by atoms with van der Waals surface area (Å²) >= 11 is 0. The summed E-state index contributed by atoms with van der Waals surface area (Å²) in [5.41, 5.74) is -0.290. The Labute approximate surface area is 123 Å². The average molecular weight is 279 g/mol. The molecule has 2 fully saturated rings. The van der Waals surface area contributed by atoms with Crippen molar-refractivity contribution in [2.75, 3.05) is 0 Å². The number of rotatable bonds is 2. The minimum atomic E-state index is -0.627. The Kier molecular flexibility index (Phi) is 4.47. The first-order valence-electron chi connectivity index (χ1n) is 8.03. The number of aliphatic hydroxyl groups is 1. The van der Waals surface area contributed by atoms with Crippen LogP contribution in [0.1, 0.15) is 66.2 Å². The highest BCUT2D eigenvalue weighted by Crippen LogP contribution is 2.48. The number of hydrogen-bond acceptors (Lipinski definition) is 3. The standard InChI is InChI=1S/C17H29NO2/c1-12-5-6-14(20-12)15(19)17(11-18)9-7-13(8-10-17)16(2,3)4/h12-15,19H,5-10H2,1-4H3. The lowest BCUT2D eigenvalue weighted by Crippen LogP contribution is -2.45. The van der Waals surface area contributed by atoms with Gasteiger partial charge in [0.05, 0.1) is 29.8 Å². The molecule has 0 spiro atoms. The molecule has 1 N–H and O–H groups in total. The van der Waals surface area contributed by atoms with Gasteiger partial charge in [-0.3, -0.25) is 0 Å². The number of aliphatic hydroxyl groups excluding tert-OH is 1. The van der Waals surface area contributed by atoms with Crippen molar-refractivity contribution in [2.24, 2.45) is 16.7 Å². The molecule has 3 atom stereocenters. The SMILES string of the molecule is CC1CCC(C(O)C2(C#N)CCC(C(C)(C)C)CC2)O1. The molecule has 0 aromatic heterocycles. The molecule has 20 heavy (non-hydrogen) atoms. The van der Waals surface area contributed by atoms with Gasteiger partial charge in [0.1, 0.15) is 0 Å². The summed E-state index contributed by atoms with van der Waals surface area (Å²) in [6.07, 6.45) is 5.02. The first-order chi connectivity index (χ1) is 9.28. The molecule has 1 saturated heterocycles. The third-order valence-corrected chi connectivity index (χ3v) is 5.51. The van der Waals surface area contributed by atoms with Crippen molar-refractivity contribution in [2.45, 2.75) is 84.5 Å². The van der Waals surface area contributed by atoms with Gasteiger partial charge in [0.25, 0.3) is 0 Å². The zero-order chi connectivity index (χ0) is 15.0. The molecule has 1 saturated carbocycles. The largest absolute Gasteiger partial charge is 0.389 e. The summed E-state index contributed by atoms with van der Waals surface area (Å²) in [4.78, 5) is 0. The highest BCUT2D eigenvalue weighted by molar-refractivity contribution is 5.09. The molecule has 2 rings (SSSR count). The molecule has 1 aliphatic heterocycles. The smallest absolute Gasteiger partial charge is 0.0987 e. The Bertz CT molecular complexity index is 371. The minimum absolute atomic E-state index is 0.143. The van der Waals surface area contributed by atoms with E-state index >= 15 is 0 Å². The monoisotopic (exact) mass is 279 g/mol. The quantitative estimate of drug-likeness (QED) is 0.839. The lowest BCUT2D eigenvalue weighted by molar-refractivity contribution is -0.0882. The van der Waals surface area contributed by atoms with Crippen LogP contribution in [0.3, 0.4) is 0 Å². The van der Waals surface area contributed by atoms with E-state index in [0.29, 0.717) is 11.3 Å². The van der Waals surface area contributed by atoms with Gasteiger partial charge in [0.2, 0.25) is 0 Å². The van der Waals surface area contributed by atoms with E-state index in [2.05, 4.69) is 26.8 Å². The fourth-order valence-electron chi connectivity index (χ4n) is 3.89. The van der Waals surface area contributed by atoms with Crippen LogP contribution in [-0.4, -0.2) is 23.4 Å².